The van der Waals surface area contributed by atoms with Crippen LogP contribution in [0, 0.1) is 5.82 Å². The summed E-state index contributed by atoms with van der Waals surface area (Å²) in [6.07, 6.45) is -1.95. The summed E-state index contributed by atoms with van der Waals surface area (Å²) >= 11 is 0. The van der Waals surface area contributed by atoms with Crippen molar-refractivity contribution in [3.63, 3.8) is 0 Å². The minimum Gasteiger partial charge on any atom is -0.491 e. The Balaban J connectivity index is 2.39. The van der Waals surface area contributed by atoms with Crippen LogP contribution in [0.1, 0.15) is 27.6 Å². The van der Waals surface area contributed by atoms with Gasteiger partial charge in [0.05, 0.1) is 25.9 Å². The SMILES string of the molecule is COCCOc1cc(C(=O)OC)cc(C(OCCNC(=O)O)c2cccc(F)c2)c1. The summed E-state index contributed by atoms with van der Waals surface area (Å²) in [6, 6.07) is 10.6. The van der Waals surface area contributed by atoms with Crippen LogP contribution in [-0.2, 0) is 14.2 Å². The molecule has 0 bridgehead atoms. The molecule has 0 aromatic heterocycles. The molecule has 0 radical (unpaired) electrons. The second-order valence-corrected chi connectivity index (χ2v) is 6.16. The van der Waals surface area contributed by atoms with Crippen LogP contribution in [0.25, 0.3) is 0 Å². The Morgan fingerprint density at radius 3 is 2.53 bits per heavy atom. The lowest BCUT2D eigenvalue weighted by molar-refractivity contribution is 0.0598. The molecule has 162 valence electrons. The number of carbonyl (C=O) groups is 2. The molecule has 9 heteroatoms. The Bertz CT molecular complexity index is 859. The molecule has 8 nitrogen and oxygen atoms in total. The van der Waals surface area contributed by atoms with E-state index in [9.17, 15) is 14.0 Å². The van der Waals surface area contributed by atoms with E-state index in [2.05, 4.69) is 5.32 Å². The van der Waals surface area contributed by atoms with Gasteiger partial charge in [-0.05, 0) is 41.5 Å². The molecule has 0 aliphatic heterocycles. The van der Waals surface area contributed by atoms with Gasteiger partial charge in [0.15, 0.2) is 0 Å². The fourth-order valence-electron chi connectivity index (χ4n) is 2.72. The number of benzene rings is 2. The number of ether oxygens (including phenoxy) is 4. The van der Waals surface area contributed by atoms with E-state index in [0.717, 1.165) is 0 Å². The number of nitrogens with one attached hydrogen (secondary N) is 1. The van der Waals surface area contributed by atoms with Gasteiger partial charge in [-0.3, -0.25) is 0 Å². The monoisotopic (exact) mass is 421 g/mol. The van der Waals surface area contributed by atoms with Gasteiger partial charge in [-0.2, -0.15) is 0 Å². The zero-order valence-corrected chi connectivity index (χ0v) is 16.7. The van der Waals surface area contributed by atoms with Gasteiger partial charge in [0, 0.05) is 13.7 Å². The maximum atomic E-state index is 13.8. The van der Waals surface area contributed by atoms with Crippen LogP contribution in [0.15, 0.2) is 42.5 Å². The minimum atomic E-state index is -1.18. The van der Waals surface area contributed by atoms with Crippen molar-refractivity contribution in [2.45, 2.75) is 6.10 Å². The number of rotatable bonds is 11. The summed E-state index contributed by atoms with van der Waals surface area (Å²) in [7, 11) is 2.80. The zero-order valence-electron chi connectivity index (χ0n) is 16.7. The van der Waals surface area contributed by atoms with E-state index in [4.69, 9.17) is 24.1 Å². The molecular formula is C21H24FNO7. The van der Waals surface area contributed by atoms with Gasteiger partial charge in [0.2, 0.25) is 0 Å². The molecule has 0 aliphatic rings. The molecule has 0 saturated carbocycles. The molecule has 2 rings (SSSR count). The smallest absolute Gasteiger partial charge is 0.404 e. The van der Waals surface area contributed by atoms with Crippen molar-refractivity contribution >= 4 is 12.1 Å². The number of halogens is 1. The lowest BCUT2D eigenvalue weighted by Crippen LogP contribution is -2.26. The van der Waals surface area contributed by atoms with Crippen molar-refractivity contribution in [2.24, 2.45) is 0 Å². The Kier molecular flexibility index (Phi) is 9.04. The second kappa shape index (κ2) is 11.7. The van der Waals surface area contributed by atoms with Crippen LogP contribution in [0.4, 0.5) is 9.18 Å². The highest BCUT2D eigenvalue weighted by atomic mass is 19.1. The van der Waals surface area contributed by atoms with Crippen molar-refractivity contribution in [2.75, 3.05) is 40.6 Å². The molecule has 0 heterocycles. The van der Waals surface area contributed by atoms with Crippen LogP contribution in [-0.4, -0.2) is 57.8 Å². The van der Waals surface area contributed by atoms with E-state index < -0.39 is 24.0 Å². The maximum absolute atomic E-state index is 13.8. The van der Waals surface area contributed by atoms with Crippen molar-refractivity contribution in [1.29, 1.82) is 0 Å². The first-order valence-corrected chi connectivity index (χ1v) is 9.13. The molecule has 2 aromatic carbocycles. The van der Waals surface area contributed by atoms with E-state index in [1.54, 1.807) is 25.3 Å². The summed E-state index contributed by atoms with van der Waals surface area (Å²) < 4.78 is 35.1. The minimum absolute atomic E-state index is 0.0236. The van der Waals surface area contributed by atoms with E-state index in [1.165, 1.54) is 31.4 Å². The van der Waals surface area contributed by atoms with E-state index in [-0.39, 0.29) is 25.3 Å². The number of methoxy groups -OCH3 is 2. The predicted molar refractivity (Wildman–Crippen MR) is 105 cm³/mol. The highest BCUT2D eigenvalue weighted by molar-refractivity contribution is 5.90. The van der Waals surface area contributed by atoms with Crippen LogP contribution >= 0.6 is 0 Å². The Morgan fingerprint density at radius 2 is 1.87 bits per heavy atom. The fraction of sp³-hybridized carbons (Fsp3) is 0.333. The molecule has 0 fully saturated rings. The first kappa shape index (κ1) is 23.1. The van der Waals surface area contributed by atoms with Crippen LogP contribution in [0.5, 0.6) is 5.75 Å². The highest BCUT2D eigenvalue weighted by Crippen LogP contribution is 2.30. The Hall–Kier alpha value is -3.17. The predicted octanol–water partition coefficient (Wildman–Crippen LogP) is 3.01. The highest BCUT2D eigenvalue weighted by Gasteiger charge is 2.20. The number of carbonyl (C=O) groups excluding carboxylic acids is 1. The van der Waals surface area contributed by atoms with Crippen molar-refractivity contribution in [1.82, 2.24) is 5.32 Å². The molecule has 0 aliphatic carbocycles. The van der Waals surface area contributed by atoms with Gasteiger partial charge < -0.3 is 29.4 Å². The molecule has 2 aromatic rings. The lowest BCUT2D eigenvalue weighted by atomic mass is 9.98. The standard InChI is InChI=1S/C21H24FNO7/c1-27-8-9-29-18-12-15(10-16(13-18)20(24)28-2)19(30-7-6-23-21(25)26)14-4-3-5-17(22)11-14/h3-5,10-13,19,23H,6-9H2,1-2H3,(H,25,26). The van der Waals surface area contributed by atoms with Crippen molar-refractivity contribution in [3.8, 4) is 5.75 Å². The van der Waals surface area contributed by atoms with Crippen LogP contribution < -0.4 is 10.1 Å². The average molecular weight is 421 g/mol. The van der Waals surface area contributed by atoms with Crippen LogP contribution in [0.3, 0.4) is 0 Å². The molecule has 1 atom stereocenters. The molecule has 1 unspecified atom stereocenters. The van der Waals surface area contributed by atoms with Crippen molar-refractivity contribution in [3.05, 3.63) is 65.0 Å². The lowest BCUT2D eigenvalue weighted by Gasteiger charge is -2.21. The Labute approximate surface area is 173 Å². The zero-order chi connectivity index (χ0) is 21.9. The van der Waals surface area contributed by atoms with Gasteiger partial charge in [0.25, 0.3) is 0 Å². The second-order valence-electron chi connectivity index (χ2n) is 6.16. The normalized spacial score (nSPS) is 11.6. The van der Waals surface area contributed by atoms with Gasteiger partial charge in [-0.15, -0.1) is 0 Å². The fourth-order valence-corrected chi connectivity index (χ4v) is 2.72. The summed E-state index contributed by atoms with van der Waals surface area (Å²) in [4.78, 5) is 22.8. The summed E-state index contributed by atoms with van der Waals surface area (Å²) in [5, 5.41) is 10.9. The molecular weight excluding hydrogens is 397 g/mol. The van der Waals surface area contributed by atoms with Gasteiger partial charge in [0.1, 0.15) is 24.3 Å². The summed E-state index contributed by atoms with van der Waals surface area (Å²) in [5.74, 6) is -0.636. The molecule has 1 amide bonds. The van der Waals surface area contributed by atoms with Crippen LogP contribution in [0.2, 0.25) is 0 Å². The van der Waals surface area contributed by atoms with Gasteiger partial charge in [-0.1, -0.05) is 12.1 Å². The van der Waals surface area contributed by atoms with Gasteiger partial charge in [-0.25, -0.2) is 14.0 Å². The third-order valence-corrected chi connectivity index (χ3v) is 4.02. The first-order valence-electron chi connectivity index (χ1n) is 9.13. The average Bonchev–Trinajstić information content (AvgIpc) is 2.73. The van der Waals surface area contributed by atoms with Gasteiger partial charge >= 0.3 is 12.1 Å². The summed E-state index contributed by atoms with van der Waals surface area (Å²) in [5.41, 5.74) is 1.25. The molecule has 2 N–H and O–H groups in total. The number of carboxylic acid groups (broad SMARTS) is 1. The number of hydrogen-bond acceptors (Lipinski definition) is 6. The quantitative estimate of drug-likeness (QED) is 0.425. The first-order chi connectivity index (χ1) is 14.4. The van der Waals surface area contributed by atoms with Crippen molar-refractivity contribution < 1.29 is 38.0 Å². The molecule has 0 spiro atoms. The number of amides is 1. The van der Waals surface area contributed by atoms with E-state index >= 15 is 0 Å². The summed E-state index contributed by atoms with van der Waals surface area (Å²) in [6.45, 7) is 0.669. The topological polar surface area (TPSA) is 103 Å². The maximum Gasteiger partial charge on any atom is 0.404 e. The van der Waals surface area contributed by atoms with E-state index in [1.807, 2.05) is 0 Å². The molecule has 30 heavy (non-hydrogen) atoms. The number of hydrogen-bond donors (Lipinski definition) is 2. The third kappa shape index (κ3) is 7.02. The Morgan fingerprint density at radius 1 is 1.07 bits per heavy atom. The largest absolute Gasteiger partial charge is 0.491 e. The third-order valence-electron chi connectivity index (χ3n) is 4.02. The number of esters is 1. The molecule has 0 saturated heterocycles. The van der Waals surface area contributed by atoms with E-state index in [0.29, 0.717) is 23.5 Å².